The second-order valence-electron chi connectivity index (χ2n) is 4.17. The highest BCUT2D eigenvalue weighted by atomic mass is 16.6. The highest BCUT2D eigenvalue weighted by Crippen LogP contribution is 2.35. The van der Waals surface area contributed by atoms with E-state index < -0.39 is 40.8 Å². The van der Waals surface area contributed by atoms with Crippen molar-refractivity contribution in [3.05, 3.63) is 27.8 Å². The molecule has 124 valence electrons. The Balaban J connectivity index is 3.42. The number of nitro groups is 1. The Kier molecular flexibility index (Phi) is 6.01. The highest BCUT2D eigenvalue weighted by molar-refractivity contribution is 5.98. The SMILES string of the molecule is COC(=O)COc1c(C(=O)OC)cc(NC(C)=O)cc1[N+](=O)[O-]. The van der Waals surface area contributed by atoms with Crippen molar-refractivity contribution in [2.45, 2.75) is 6.92 Å². The number of carbonyl (C=O) groups is 3. The number of carbonyl (C=O) groups excluding carboxylic acids is 3. The molecule has 10 heteroatoms. The summed E-state index contributed by atoms with van der Waals surface area (Å²) in [6, 6.07) is 2.15. The van der Waals surface area contributed by atoms with E-state index in [9.17, 15) is 24.5 Å². The maximum absolute atomic E-state index is 11.8. The molecule has 1 amide bonds. The van der Waals surface area contributed by atoms with Crippen molar-refractivity contribution in [2.75, 3.05) is 26.1 Å². The first-order valence-electron chi connectivity index (χ1n) is 6.18. The zero-order chi connectivity index (χ0) is 17.6. The minimum Gasteiger partial charge on any atom is -0.474 e. The Morgan fingerprint density at radius 3 is 2.35 bits per heavy atom. The quantitative estimate of drug-likeness (QED) is 0.463. The summed E-state index contributed by atoms with van der Waals surface area (Å²) in [5.41, 5.74) is -0.912. The smallest absolute Gasteiger partial charge is 0.343 e. The van der Waals surface area contributed by atoms with E-state index in [0.29, 0.717) is 0 Å². The number of methoxy groups -OCH3 is 2. The molecule has 0 bridgehead atoms. The van der Waals surface area contributed by atoms with Crippen molar-refractivity contribution < 1.29 is 33.5 Å². The molecule has 1 aromatic carbocycles. The highest BCUT2D eigenvalue weighted by Gasteiger charge is 2.27. The predicted octanol–water partition coefficient (Wildman–Crippen LogP) is 0.892. The summed E-state index contributed by atoms with van der Waals surface area (Å²) in [7, 11) is 2.19. The molecule has 0 aliphatic rings. The molecule has 0 aromatic heterocycles. The van der Waals surface area contributed by atoms with Crippen LogP contribution >= 0.6 is 0 Å². The molecular weight excluding hydrogens is 312 g/mol. The molecule has 1 N–H and O–H groups in total. The number of anilines is 1. The van der Waals surface area contributed by atoms with Crippen LogP contribution in [0.2, 0.25) is 0 Å². The number of rotatable bonds is 6. The van der Waals surface area contributed by atoms with Gasteiger partial charge in [-0.15, -0.1) is 0 Å². The number of ether oxygens (including phenoxy) is 3. The van der Waals surface area contributed by atoms with Gasteiger partial charge in [0.1, 0.15) is 5.56 Å². The van der Waals surface area contributed by atoms with Crippen molar-refractivity contribution in [1.82, 2.24) is 0 Å². The van der Waals surface area contributed by atoms with E-state index in [1.165, 1.54) is 6.92 Å². The molecule has 0 heterocycles. The summed E-state index contributed by atoms with van der Waals surface area (Å²) < 4.78 is 13.9. The van der Waals surface area contributed by atoms with Crippen LogP contribution in [0.5, 0.6) is 5.75 Å². The molecule has 0 fully saturated rings. The van der Waals surface area contributed by atoms with E-state index in [-0.39, 0.29) is 11.3 Å². The van der Waals surface area contributed by atoms with Gasteiger partial charge in [-0.2, -0.15) is 0 Å². The van der Waals surface area contributed by atoms with Crippen LogP contribution in [0.3, 0.4) is 0 Å². The summed E-state index contributed by atoms with van der Waals surface area (Å²) >= 11 is 0. The van der Waals surface area contributed by atoms with Crippen LogP contribution < -0.4 is 10.1 Å². The minimum atomic E-state index is -0.930. The molecule has 10 nitrogen and oxygen atoms in total. The van der Waals surface area contributed by atoms with Crippen molar-refractivity contribution in [3.63, 3.8) is 0 Å². The van der Waals surface area contributed by atoms with Crippen LogP contribution in [-0.2, 0) is 19.1 Å². The molecule has 0 saturated carbocycles. The summed E-state index contributed by atoms with van der Waals surface area (Å²) in [5.74, 6) is -2.67. The standard InChI is InChI=1S/C13H14N2O8/c1-7(16)14-8-4-9(13(18)22-3)12(10(5-8)15(19)20)23-6-11(17)21-2/h4-5H,6H2,1-3H3,(H,14,16). The third-order valence-electron chi connectivity index (χ3n) is 2.55. The van der Waals surface area contributed by atoms with E-state index in [0.717, 1.165) is 26.4 Å². The lowest BCUT2D eigenvalue weighted by Crippen LogP contribution is -2.16. The van der Waals surface area contributed by atoms with Gasteiger partial charge in [0, 0.05) is 18.7 Å². The molecule has 0 radical (unpaired) electrons. The molecule has 0 unspecified atom stereocenters. The van der Waals surface area contributed by atoms with Gasteiger partial charge in [-0.05, 0) is 6.07 Å². The lowest BCUT2D eigenvalue weighted by molar-refractivity contribution is -0.385. The maximum atomic E-state index is 11.8. The molecule has 1 aromatic rings. The lowest BCUT2D eigenvalue weighted by Gasteiger charge is -2.12. The number of esters is 2. The topological polar surface area (TPSA) is 134 Å². The predicted molar refractivity (Wildman–Crippen MR) is 76.3 cm³/mol. The van der Waals surface area contributed by atoms with Crippen LogP contribution in [-0.4, -0.2) is 43.6 Å². The number of amides is 1. The molecule has 1 rings (SSSR count). The zero-order valence-electron chi connectivity index (χ0n) is 12.6. The fourth-order valence-electron chi connectivity index (χ4n) is 1.63. The Labute approximate surface area is 130 Å². The van der Waals surface area contributed by atoms with Crippen LogP contribution in [0.1, 0.15) is 17.3 Å². The summed E-state index contributed by atoms with van der Waals surface area (Å²) in [4.78, 5) is 44.4. The molecule has 23 heavy (non-hydrogen) atoms. The second kappa shape index (κ2) is 7.73. The molecule has 0 atom stereocenters. The van der Waals surface area contributed by atoms with Gasteiger partial charge in [-0.1, -0.05) is 0 Å². The van der Waals surface area contributed by atoms with Gasteiger partial charge >= 0.3 is 17.6 Å². The number of hydrogen-bond donors (Lipinski definition) is 1. The summed E-state index contributed by atoms with van der Waals surface area (Å²) in [5, 5.41) is 13.5. The van der Waals surface area contributed by atoms with Gasteiger partial charge < -0.3 is 19.5 Å². The first-order chi connectivity index (χ1) is 10.8. The first-order valence-corrected chi connectivity index (χ1v) is 6.18. The van der Waals surface area contributed by atoms with Crippen LogP contribution in [0.15, 0.2) is 12.1 Å². The molecule has 0 aliphatic carbocycles. The van der Waals surface area contributed by atoms with Crippen molar-refractivity contribution >= 4 is 29.2 Å². The number of nitrogens with zero attached hydrogens (tertiary/aromatic N) is 1. The van der Waals surface area contributed by atoms with E-state index in [1.807, 2.05) is 0 Å². The summed E-state index contributed by atoms with van der Waals surface area (Å²) in [6.45, 7) is 0.562. The van der Waals surface area contributed by atoms with Gasteiger partial charge in [0.05, 0.1) is 19.1 Å². The Bertz CT molecular complexity index is 656. The third-order valence-corrected chi connectivity index (χ3v) is 2.55. The van der Waals surface area contributed by atoms with Gasteiger partial charge in [0.25, 0.3) is 0 Å². The summed E-state index contributed by atoms with van der Waals surface area (Å²) in [6.07, 6.45) is 0. The second-order valence-corrected chi connectivity index (χ2v) is 4.17. The van der Waals surface area contributed by atoms with Gasteiger partial charge in [0.2, 0.25) is 11.7 Å². The lowest BCUT2D eigenvalue weighted by atomic mass is 10.1. The van der Waals surface area contributed by atoms with Crippen molar-refractivity contribution in [2.24, 2.45) is 0 Å². The molecule has 0 aliphatic heterocycles. The fraction of sp³-hybridized carbons (Fsp3) is 0.308. The Hall–Kier alpha value is -3.17. The number of hydrogen-bond acceptors (Lipinski definition) is 8. The van der Waals surface area contributed by atoms with E-state index in [1.54, 1.807) is 0 Å². The van der Waals surface area contributed by atoms with Gasteiger partial charge in [-0.3, -0.25) is 14.9 Å². The van der Waals surface area contributed by atoms with Crippen LogP contribution in [0.4, 0.5) is 11.4 Å². The van der Waals surface area contributed by atoms with Crippen molar-refractivity contribution in [1.29, 1.82) is 0 Å². The van der Waals surface area contributed by atoms with Crippen LogP contribution in [0, 0.1) is 10.1 Å². The third kappa shape index (κ3) is 4.66. The largest absolute Gasteiger partial charge is 0.474 e. The normalized spacial score (nSPS) is 9.70. The monoisotopic (exact) mass is 326 g/mol. The Morgan fingerprint density at radius 2 is 1.87 bits per heavy atom. The maximum Gasteiger partial charge on any atom is 0.343 e. The van der Waals surface area contributed by atoms with Gasteiger partial charge in [-0.25, -0.2) is 9.59 Å². The van der Waals surface area contributed by atoms with Gasteiger partial charge in [0.15, 0.2) is 6.61 Å². The van der Waals surface area contributed by atoms with E-state index >= 15 is 0 Å². The molecule has 0 spiro atoms. The van der Waals surface area contributed by atoms with E-state index in [2.05, 4.69) is 14.8 Å². The Morgan fingerprint density at radius 1 is 1.22 bits per heavy atom. The first kappa shape index (κ1) is 17.9. The van der Waals surface area contributed by atoms with E-state index in [4.69, 9.17) is 4.74 Å². The average Bonchev–Trinajstić information content (AvgIpc) is 2.50. The fourth-order valence-corrected chi connectivity index (χ4v) is 1.63. The number of nitro benzene ring substituents is 1. The minimum absolute atomic E-state index is 0.00928. The molecule has 0 saturated heterocycles. The molecular formula is C13H14N2O8. The zero-order valence-corrected chi connectivity index (χ0v) is 12.6. The van der Waals surface area contributed by atoms with Crippen molar-refractivity contribution in [3.8, 4) is 5.75 Å². The number of nitrogens with one attached hydrogen (secondary N) is 1. The number of benzene rings is 1. The van der Waals surface area contributed by atoms with Crippen LogP contribution in [0.25, 0.3) is 0 Å². The average molecular weight is 326 g/mol.